The molecule has 0 spiro atoms. The Labute approximate surface area is 124 Å². The zero-order valence-electron chi connectivity index (χ0n) is 12.5. The van der Waals surface area contributed by atoms with E-state index in [1.807, 2.05) is 18.2 Å². The molecule has 1 unspecified atom stereocenters. The van der Waals surface area contributed by atoms with Crippen LogP contribution in [0, 0.1) is 10.1 Å². The van der Waals surface area contributed by atoms with Gasteiger partial charge in [0.25, 0.3) is 5.69 Å². The van der Waals surface area contributed by atoms with Crippen molar-refractivity contribution >= 4 is 16.6 Å². The number of hydrogen-bond acceptors (Lipinski definition) is 4. The molecule has 0 aliphatic heterocycles. The molecule has 0 saturated carbocycles. The van der Waals surface area contributed by atoms with Crippen LogP contribution >= 0.6 is 0 Å². The number of benzene rings is 1. The van der Waals surface area contributed by atoms with Gasteiger partial charge in [0.1, 0.15) is 5.52 Å². The molecule has 0 saturated heterocycles. The van der Waals surface area contributed by atoms with Gasteiger partial charge in [0, 0.05) is 23.7 Å². The Bertz CT molecular complexity index is 622. The van der Waals surface area contributed by atoms with Gasteiger partial charge in [0.15, 0.2) is 0 Å². The number of fused-ring (bicyclic) bond motifs is 1. The number of likely N-dealkylation sites (N-methyl/N-ethyl adjacent to an activating group) is 1. The minimum Gasteiger partial charge on any atom is -0.314 e. The first kappa shape index (κ1) is 15.4. The molecule has 2 aromatic rings. The molecule has 0 radical (unpaired) electrons. The number of nitrogens with one attached hydrogen (secondary N) is 1. The zero-order chi connectivity index (χ0) is 15.2. The minimum atomic E-state index is -0.368. The maximum absolute atomic E-state index is 11.1. The van der Waals surface area contributed by atoms with Crippen LogP contribution < -0.4 is 5.32 Å². The molecule has 5 nitrogen and oxygen atoms in total. The molecule has 1 heterocycles. The Morgan fingerprint density at radius 3 is 2.81 bits per heavy atom. The van der Waals surface area contributed by atoms with Crippen LogP contribution in [0.2, 0.25) is 0 Å². The Hall–Kier alpha value is -2.01. The molecular formula is C16H21N3O2. The molecule has 1 atom stereocenters. The quantitative estimate of drug-likeness (QED) is 0.625. The van der Waals surface area contributed by atoms with Gasteiger partial charge >= 0.3 is 0 Å². The average Bonchev–Trinajstić information content (AvgIpc) is 2.47. The Balaban J connectivity index is 2.40. The van der Waals surface area contributed by atoms with Crippen LogP contribution in [-0.2, 0) is 6.42 Å². The van der Waals surface area contributed by atoms with Gasteiger partial charge in [0.05, 0.1) is 4.92 Å². The third-order valence-corrected chi connectivity index (χ3v) is 3.63. The number of non-ortho nitro benzene ring substituents is 1. The number of nitro benzene ring substituents is 1. The fraction of sp³-hybridized carbons (Fsp3) is 0.438. The summed E-state index contributed by atoms with van der Waals surface area (Å²) in [5.74, 6) is 0. The fourth-order valence-corrected chi connectivity index (χ4v) is 2.72. The third kappa shape index (κ3) is 3.55. The monoisotopic (exact) mass is 287 g/mol. The van der Waals surface area contributed by atoms with Crippen molar-refractivity contribution < 1.29 is 4.92 Å². The summed E-state index contributed by atoms with van der Waals surface area (Å²) in [6, 6.07) is 7.57. The molecule has 0 fully saturated rings. The van der Waals surface area contributed by atoms with Crippen LogP contribution in [0.4, 0.5) is 5.69 Å². The van der Waals surface area contributed by atoms with Crippen LogP contribution in [-0.4, -0.2) is 22.5 Å². The van der Waals surface area contributed by atoms with Gasteiger partial charge in [0.2, 0.25) is 0 Å². The van der Waals surface area contributed by atoms with Crippen molar-refractivity contribution in [3.63, 3.8) is 0 Å². The minimum absolute atomic E-state index is 0.0739. The lowest BCUT2D eigenvalue weighted by Gasteiger charge is -2.18. The van der Waals surface area contributed by atoms with Gasteiger partial charge < -0.3 is 5.32 Å². The van der Waals surface area contributed by atoms with E-state index in [-0.39, 0.29) is 10.6 Å². The first-order valence-electron chi connectivity index (χ1n) is 7.41. The molecule has 0 bridgehead atoms. The summed E-state index contributed by atoms with van der Waals surface area (Å²) in [6.45, 7) is 5.19. The topological polar surface area (TPSA) is 68.1 Å². The summed E-state index contributed by atoms with van der Waals surface area (Å²) >= 11 is 0. The lowest BCUT2D eigenvalue weighted by atomic mass is 9.98. The Morgan fingerprint density at radius 2 is 2.14 bits per heavy atom. The molecule has 112 valence electrons. The summed E-state index contributed by atoms with van der Waals surface area (Å²) in [7, 11) is 0. The predicted molar refractivity (Wildman–Crippen MR) is 84.5 cm³/mol. The van der Waals surface area contributed by atoms with Crippen molar-refractivity contribution in [2.24, 2.45) is 0 Å². The highest BCUT2D eigenvalue weighted by atomic mass is 16.6. The number of pyridine rings is 1. The van der Waals surface area contributed by atoms with Crippen molar-refractivity contribution in [1.82, 2.24) is 10.3 Å². The SMILES string of the molecule is CCCC(Cc1ccc([N+](=O)[O-])c2ncccc12)NCC. The van der Waals surface area contributed by atoms with Crippen molar-refractivity contribution in [3.05, 3.63) is 46.1 Å². The summed E-state index contributed by atoms with van der Waals surface area (Å²) in [5.41, 5.74) is 1.67. The number of aromatic nitrogens is 1. The normalized spacial score (nSPS) is 12.5. The van der Waals surface area contributed by atoms with E-state index in [0.717, 1.165) is 36.8 Å². The van der Waals surface area contributed by atoms with Gasteiger partial charge in [-0.2, -0.15) is 0 Å². The van der Waals surface area contributed by atoms with E-state index in [1.54, 1.807) is 12.3 Å². The van der Waals surface area contributed by atoms with E-state index in [0.29, 0.717) is 11.6 Å². The molecule has 21 heavy (non-hydrogen) atoms. The highest BCUT2D eigenvalue weighted by Crippen LogP contribution is 2.27. The first-order valence-corrected chi connectivity index (χ1v) is 7.41. The maximum Gasteiger partial charge on any atom is 0.295 e. The van der Waals surface area contributed by atoms with E-state index >= 15 is 0 Å². The average molecular weight is 287 g/mol. The summed E-state index contributed by atoms with van der Waals surface area (Å²) in [4.78, 5) is 14.9. The predicted octanol–water partition coefficient (Wildman–Crippen LogP) is 3.46. The van der Waals surface area contributed by atoms with Gasteiger partial charge in [-0.15, -0.1) is 0 Å². The lowest BCUT2D eigenvalue weighted by Crippen LogP contribution is -2.30. The molecule has 1 aromatic heterocycles. The second-order valence-corrected chi connectivity index (χ2v) is 5.15. The van der Waals surface area contributed by atoms with E-state index < -0.39 is 0 Å². The third-order valence-electron chi connectivity index (χ3n) is 3.63. The molecule has 1 N–H and O–H groups in total. The van der Waals surface area contributed by atoms with Gasteiger partial charge in [-0.3, -0.25) is 10.1 Å². The van der Waals surface area contributed by atoms with Crippen molar-refractivity contribution in [2.75, 3.05) is 6.54 Å². The molecule has 5 heteroatoms. The summed E-state index contributed by atoms with van der Waals surface area (Å²) < 4.78 is 0. The van der Waals surface area contributed by atoms with Crippen LogP contribution in [0.25, 0.3) is 10.9 Å². The Kier molecular flexibility index (Phi) is 5.22. The highest BCUT2D eigenvalue weighted by molar-refractivity contribution is 5.89. The van der Waals surface area contributed by atoms with Crippen molar-refractivity contribution in [3.8, 4) is 0 Å². The number of hydrogen-bond donors (Lipinski definition) is 1. The number of rotatable bonds is 7. The smallest absolute Gasteiger partial charge is 0.295 e. The van der Waals surface area contributed by atoms with Crippen molar-refractivity contribution in [2.45, 2.75) is 39.2 Å². The summed E-state index contributed by atoms with van der Waals surface area (Å²) in [6.07, 6.45) is 4.67. The summed E-state index contributed by atoms with van der Waals surface area (Å²) in [5, 5.41) is 15.5. The molecule has 2 rings (SSSR count). The van der Waals surface area contributed by atoms with Gasteiger partial charge in [-0.05, 0) is 31.0 Å². The fourth-order valence-electron chi connectivity index (χ4n) is 2.72. The second kappa shape index (κ2) is 7.13. The Morgan fingerprint density at radius 1 is 1.33 bits per heavy atom. The van der Waals surface area contributed by atoms with Crippen LogP contribution in [0.1, 0.15) is 32.3 Å². The van der Waals surface area contributed by atoms with Crippen LogP contribution in [0.3, 0.4) is 0 Å². The lowest BCUT2D eigenvalue weighted by molar-refractivity contribution is -0.383. The zero-order valence-corrected chi connectivity index (χ0v) is 12.5. The highest BCUT2D eigenvalue weighted by Gasteiger charge is 2.17. The molecule has 0 amide bonds. The first-order chi connectivity index (χ1) is 10.2. The van der Waals surface area contributed by atoms with Gasteiger partial charge in [-0.1, -0.05) is 32.4 Å². The van der Waals surface area contributed by atoms with Crippen LogP contribution in [0.5, 0.6) is 0 Å². The number of nitro groups is 1. The van der Waals surface area contributed by atoms with Crippen LogP contribution in [0.15, 0.2) is 30.5 Å². The van der Waals surface area contributed by atoms with E-state index in [2.05, 4.69) is 24.1 Å². The van der Waals surface area contributed by atoms with Gasteiger partial charge in [-0.25, -0.2) is 4.98 Å². The van der Waals surface area contributed by atoms with E-state index in [4.69, 9.17) is 0 Å². The van der Waals surface area contributed by atoms with Crippen molar-refractivity contribution in [1.29, 1.82) is 0 Å². The molecule has 1 aromatic carbocycles. The molecule has 0 aliphatic carbocycles. The molecule has 0 aliphatic rings. The largest absolute Gasteiger partial charge is 0.314 e. The standard InChI is InChI=1S/C16H21N3O2/c1-3-6-13(17-4-2)11-12-8-9-15(19(20)21)16-14(12)7-5-10-18-16/h5,7-10,13,17H,3-4,6,11H2,1-2H3. The number of nitrogens with zero attached hydrogens (tertiary/aromatic N) is 2. The maximum atomic E-state index is 11.1. The van der Waals surface area contributed by atoms with E-state index in [9.17, 15) is 10.1 Å². The van der Waals surface area contributed by atoms with E-state index in [1.165, 1.54) is 0 Å². The molecular weight excluding hydrogens is 266 g/mol. The second-order valence-electron chi connectivity index (χ2n) is 5.15.